The molecule has 4 aromatic rings. The monoisotopic (exact) mass is 738 g/mol. The highest BCUT2D eigenvalue weighted by Crippen LogP contribution is 2.47. The molecule has 0 unspecified atom stereocenters. The summed E-state index contributed by atoms with van der Waals surface area (Å²) in [7, 11) is 0. The van der Waals surface area contributed by atoms with Gasteiger partial charge in [-0.25, -0.2) is 22.9 Å². The number of alkyl halides is 1. The fraction of sp³-hybridized carbons (Fsp3) is 0.524. The third kappa shape index (κ3) is 5.56. The van der Waals surface area contributed by atoms with Crippen LogP contribution < -0.4 is 9.64 Å². The van der Waals surface area contributed by atoms with Crippen molar-refractivity contribution in [2.45, 2.75) is 108 Å². The number of fused-ring (bicyclic) bond motifs is 7. The van der Waals surface area contributed by atoms with Crippen molar-refractivity contribution in [3.63, 3.8) is 0 Å². The summed E-state index contributed by atoms with van der Waals surface area (Å²) in [5.74, 6) is 1.82. The van der Waals surface area contributed by atoms with Crippen LogP contribution in [0.1, 0.15) is 77.5 Å². The molecule has 2 bridgehead atoms. The number of hydrogen-bond donors (Lipinski definition) is 0. The van der Waals surface area contributed by atoms with Crippen LogP contribution in [0, 0.1) is 29.9 Å². The number of carbonyl (C=O) groups is 1. The smallest absolute Gasteiger partial charge is 0.410 e. The van der Waals surface area contributed by atoms with E-state index < -0.39 is 28.9 Å². The molecule has 9 nitrogen and oxygen atoms in total. The standard InChI is InChI=1S/C42H45F3N6O3/c1-6-27-29(44)14-12-24-9-7-10-28(32(24)27)35-34(45)36-33-30(46-35)15-11-23(2)37-31-16-13-26(51(31)40(52)54-41(3,4)5)21-50(37)38(33)48-39(47-36)53-22-42-17-8-18-49(42)20-25(43)19-42/h1,7,9-10,12,14,23,25-26,31,37H,8,11,13,15-22H2,2-5H3/t23-,25-,26-,31+,37+,42+/m1/s1. The third-order valence-electron chi connectivity index (χ3n) is 12.4. The number of aromatic nitrogens is 3. The first-order valence-electron chi connectivity index (χ1n) is 19.2. The van der Waals surface area contributed by atoms with Crippen molar-refractivity contribution in [3.8, 4) is 29.6 Å². The van der Waals surface area contributed by atoms with Gasteiger partial charge in [0.25, 0.3) is 0 Å². The molecule has 9 rings (SSSR count). The van der Waals surface area contributed by atoms with Crippen molar-refractivity contribution in [1.82, 2.24) is 24.8 Å². The zero-order valence-electron chi connectivity index (χ0n) is 31.2. The molecular weight excluding hydrogens is 693 g/mol. The van der Waals surface area contributed by atoms with Crippen LogP contribution in [0.4, 0.5) is 23.8 Å². The normalized spacial score (nSPS) is 27.8. The number of halogens is 3. The van der Waals surface area contributed by atoms with Crippen LogP contribution in [0.5, 0.6) is 6.01 Å². The van der Waals surface area contributed by atoms with E-state index in [1.54, 1.807) is 18.2 Å². The number of terminal acetylenes is 1. The Morgan fingerprint density at radius 2 is 1.91 bits per heavy atom. The van der Waals surface area contributed by atoms with Crippen molar-refractivity contribution in [1.29, 1.82) is 0 Å². The zero-order chi connectivity index (χ0) is 37.7. The number of nitrogens with zero attached hydrogens (tertiary/aromatic N) is 6. The maximum atomic E-state index is 17.5. The molecule has 7 heterocycles. The van der Waals surface area contributed by atoms with Crippen molar-refractivity contribution >= 4 is 33.6 Å². The second-order valence-corrected chi connectivity index (χ2v) is 17.0. The number of pyridine rings is 1. The first-order chi connectivity index (χ1) is 25.9. The van der Waals surface area contributed by atoms with Gasteiger partial charge in [-0.3, -0.25) is 9.80 Å². The van der Waals surface area contributed by atoms with Gasteiger partial charge in [-0.2, -0.15) is 9.97 Å². The lowest BCUT2D eigenvalue weighted by molar-refractivity contribution is 0.00450. The van der Waals surface area contributed by atoms with Crippen molar-refractivity contribution in [3.05, 3.63) is 53.2 Å². The van der Waals surface area contributed by atoms with E-state index >= 15 is 8.78 Å². The van der Waals surface area contributed by atoms with Crippen LogP contribution in [0.25, 0.3) is 32.9 Å². The lowest BCUT2D eigenvalue weighted by Gasteiger charge is -2.50. The van der Waals surface area contributed by atoms with Crippen molar-refractivity contribution < 1.29 is 27.4 Å². The number of rotatable bonds is 4. The first-order valence-corrected chi connectivity index (χ1v) is 19.2. The average molecular weight is 739 g/mol. The van der Waals surface area contributed by atoms with Gasteiger partial charge in [0, 0.05) is 30.5 Å². The van der Waals surface area contributed by atoms with Crippen LogP contribution in [0.2, 0.25) is 0 Å². The highest BCUT2D eigenvalue weighted by Gasteiger charge is 2.53. The average Bonchev–Trinajstić information content (AvgIpc) is 3.76. The topological polar surface area (TPSA) is 83.9 Å². The van der Waals surface area contributed by atoms with E-state index in [2.05, 4.69) is 22.6 Å². The van der Waals surface area contributed by atoms with Crippen molar-refractivity contribution in [2.24, 2.45) is 5.92 Å². The number of carbonyl (C=O) groups excluding carboxylic acids is 1. The second-order valence-electron chi connectivity index (χ2n) is 17.0. The van der Waals surface area contributed by atoms with Gasteiger partial charge in [0.05, 0.1) is 40.3 Å². The minimum atomic E-state index is -0.939. The number of aryl methyl sites for hydroxylation is 1. The second kappa shape index (κ2) is 12.7. The highest BCUT2D eigenvalue weighted by atomic mass is 19.1. The molecule has 6 atom stereocenters. The predicted molar refractivity (Wildman–Crippen MR) is 200 cm³/mol. The SMILES string of the molecule is C#Cc1c(F)ccc2cccc(-c3nc4c5c(nc(OC[C@@]67CCCN6C[C@H](F)C7)nc5c3F)N3C[C@H]5CC[C@@H]([C@@H]3[C@H](C)CC4)N5C(=O)OC(C)(C)C)c12. The number of piperazine rings is 1. The Morgan fingerprint density at radius 1 is 1.07 bits per heavy atom. The number of benzene rings is 2. The summed E-state index contributed by atoms with van der Waals surface area (Å²) in [4.78, 5) is 34.8. The fourth-order valence-corrected chi connectivity index (χ4v) is 10.2. The summed E-state index contributed by atoms with van der Waals surface area (Å²) in [6.07, 6.45) is 9.48. The van der Waals surface area contributed by atoms with Gasteiger partial charge >= 0.3 is 12.1 Å². The predicted octanol–water partition coefficient (Wildman–Crippen LogP) is 7.60. The van der Waals surface area contributed by atoms with Crippen molar-refractivity contribution in [2.75, 3.05) is 31.1 Å². The molecule has 12 heteroatoms. The Bertz CT molecular complexity index is 2240. The van der Waals surface area contributed by atoms with E-state index in [0.29, 0.717) is 65.6 Å². The fourth-order valence-electron chi connectivity index (χ4n) is 10.2. The lowest BCUT2D eigenvalue weighted by Crippen LogP contribution is -2.64. The Kier molecular flexibility index (Phi) is 8.27. The molecule has 5 aliphatic heterocycles. The molecule has 0 spiro atoms. The Labute approximate surface area is 313 Å². The molecule has 0 aliphatic carbocycles. The number of hydrogen-bond acceptors (Lipinski definition) is 8. The van der Waals surface area contributed by atoms with Gasteiger partial charge in [-0.15, -0.1) is 6.42 Å². The molecule has 5 aliphatic rings. The van der Waals surface area contributed by atoms with Crippen LogP contribution in [-0.4, -0.2) is 92.5 Å². The van der Waals surface area contributed by atoms with E-state index in [9.17, 15) is 9.18 Å². The van der Waals surface area contributed by atoms with Gasteiger partial charge in [0.2, 0.25) is 0 Å². The van der Waals surface area contributed by atoms with Gasteiger partial charge in [0.15, 0.2) is 5.82 Å². The van der Waals surface area contributed by atoms with Gasteiger partial charge < -0.3 is 14.4 Å². The maximum absolute atomic E-state index is 17.5. The van der Waals surface area contributed by atoms with Gasteiger partial charge in [0.1, 0.15) is 41.2 Å². The molecule has 0 radical (unpaired) electrons. The molecule has 0 N–H and O–H groups in total. The van der Waals surface area contributed by atoms with Crippen LogP contribution >= 0.6 is 0 Å². The Hall–Kier alpha value is -4.63. The molecule has 4 saturated heterocycles. The third-order valence-corrected chi connectivity index (χ3v) is 12.4. The summed E-state index contributed by atoms with van der Waals surface area (Å²) in [5, 5.41) is 1.57. The minimum absolute atomic E-state index is 0.00482. The summed E-state index contributed by atoms with van der Waals surface area (Å²) < 4.78 is 59.7. The maximum Gasteiger partial charge on any atom is 0.410 e. The number of anilines is 1. The van der Waals surface area contributed by atoms with E-state index in [-0.39, 0.29) is 59.5 Å². The summed E-state index contributed by atoms with van der Waals surface area (Å²) in [5.41, 5.74) is 0.00577. The molecule has 54 heavy (non-hydrogen) atoms. The Morgan fingerprint density at radius 3 is 2.70 bits per heavy atom. The largest absolute Gasteiger partial charge is 0.461 e. The Balaban J connectivity index is 1.22. The lowest BCUT2D eigenvalue weighted by atomic mass is 9.85. The van der Waals surface area contributed by atoms with E-state index in [1.165, 1.54) is 6.07 Å². The van der Waals surface area contributed by atoms with Crippen LogP contribution in [0.3, 0.4) is 0 Å². The molecule has 282 valence electrons. The summed E-state index contributed by atoms with van der Waals surface area (Å²) in [6.45, 7) is 9.62. The molecular formula is C42H45F3N6O3. The zero-order valence-corrected chi connectivity index (χ0v) is 31.2. The highest BCUT2D eigenvalue weighted by molar-refractivity contribution is 6.02. The number of amides is 1. The van der Waals surface area contributed by atoms with Crippen LogP contribution in [-0.2, 0) is 11.2 Å². The molecule has 4 fully saturated rings. The minimum Gasteiger partial charge on any atom is -0.461 e. The molecule has 2 aromatic heterocycles. The molecule has 2 aromatic carbocycles. The number of ether oxygens (including phenoxy) is 2. The van der Waals surface area contributed by atoms with Crippen LogP contribution in [0.15, 0.2) is 30.3 Å². The molecule has 1 amide bonds. The van der Waals surface area contributed by atoms with E-state index in [0.717, 1.165) is 32.2 Å². The van der Waals surface area contributed by atoms with Gasteiger partial charge in [-0.05, 0) is 83.2 Å². The molecule has 0 saturated carbocycles. The summed E-state index contributed by atoms with van der Waals surface area (Å²) >= 11 is 0. The van der Waals surface area contributed by atoms with E-state index in [1.807, 2.05) is 31.7 Å². The summed E-state index contributed by atoms with van der Waals surface area (Å²) in [6, 6.07) is 7.84. The van der Waals surface area contributed by atoms with Gasteiger partial charge in [-0.1, -0.05) is 37.1 Å². The first kappa shape index (κ1) is 35.1. The quantitative estimate of drug-likeness (QED) is 0.198. The van der Waals surface area contributed by atoms with E-state index in [4.69, 9.17) is 30.8 Å².